The Morgan fingerprint density at radius 2 is 2.00 bits per heavy atom. The molecular weight excluding hydrogens is 282 g/mol. The molecule has 0 saturated heterocycles. The van der Waals surface area contributed by atoms with Crippen LogP contribution in [-0.4, -0.2) is 30.5 Å². The highest BCUT2D eigenvalue weighted by atomic mass is 35.5. The molecule has 0 fully saturated rings. The summed E-state index contributed by atoms with van der Waals surface area (Å²) in [5, 5.41) is 16.7. The van der Waals surface area contributed by atoms with Crippen LogP contribution < -0.4 is 10.6 Å². The molecule has 7 heteroatoms. The van der Waals surface area contributed by atoms with Crippen LogP contribution in [0.5, 0.6) is 0 Å². The third kappa shape index (κ3) is 5.54. The molecule has 112 valence electrons. The van der Waals surface area contributed by atoms with Crippen LogP contribution in [0.25, 0.3) is 0 Å². The minimum Gasteiger partial charge on any atom is -0.351 e. The molecule has 0 bridgehead atoms. The zero-order valence-electron chi connectivity index (χ0n) is 11.6. The van der Waals surface area contributed by atoms with Gasteiger partial charge >= 0.3 is 0 Å². The zero-order valence-corrected chi connectivity index (χ0v) is 12.5. The fourth-order valence-corrected chi connectivity index (χ4v) is 1.65. The van der Waals surface area contributed by atoms with Gasteiger partial charge in [-0.2, -0.15) is 0 Å². The first kappa shape index (κ1) is 18.3. The van der Waals surface area contributed by atoms with Crippen molar-refractivity contribution in [2.45, 2.75) is 20.3 Å². The summed E-state index contributed by atoms with van der Waals surface area (Å²) in [4.78, 5) is 22.2. The van der Waals surface area contributed by atoms with Crippen LogP contribution >= 0.6 is 12.4 Å². The van der Waals surface area contributed by atoms with Gasteiger partial charge in [0.2, 0.25) is 0 Å². The highest BCUT2D eigenvalue weighted by Gasteiger charge is 2.19. The molecule has 0 aliphatic heterocycles. The van der Waals surface area contributed by atoms with E-state index in [2.05, 4.69) is 17.6 Å². The Morgan fingerprint density at radius 1 is 1.30 bits per heavy atom. The lowest BCUT2D eigenvalue weighted by molar-refractivity contribution is -0.385. The Hall–Kier alpha value is -1.66. The first-order valence-electron chi connectivity index (χ1n) is 6.30. The summed E-state index contributed by atoms with van der Waals surface area (Å²) in [6.07, 6.45) is 1.03. The SMILES string of the molecule is CCCNCCNC(=O)c1cc(C)ccc1[N+](=O)[O-].Cl. The van der Waals surface area contributed by atoms with Gasteiger partial charge in [0.1, 0.15) is 5.56 Å². The lowest BCUT2D eigenvalue weighted by Gasteiger charge is -2.07. The highest BCUT2D eigenvalue weighted by molar-refractivity contribution is 5.98. The van der Waals surface area contributed by atoms with Gasteiger partial charge < -0.3 is 10.6 Å². The molecule has 0 unspecified atom stereocenters. The summed E-state index contributed by atoms with van der Waals surface area (Å²) in [5.74, 6) is -0.409. The summed E-state index contributed by atoms with van der Waals surface area (Å²) < 4.78 is 0. The first-order chi connectivity index (χ1) is 9.06. The van der Waals surface area contributed by atoms with Gasteiger partial charge in [0.05, 0.1) is 4.92 Å². The standard InChI is InChI=1S/C13H19N3O3.ClH/c1-3-6-14-7-8-15-13(17)11-9-10(2)4-5-12(11)16(18)19;/h4-5,9,14H,3,6-8H2,1-2H3,(H,15,17);1H. The number of nitro groups is 1. The Kier molecular flexibility index (Phi) is 8.51. The summed E-state index contributed by atoms with van der Waals surface area (Å²) in [5.41, 5.74) is 0.768. The van der Waals surface area contributed by atoms with Crippen LogP contribution in [0.3, 0.4) is 0 Å². The van der Waals surface area contributed by atoms with Crippen molar-refractivity contribution in [1.82, 2.24) is 10.6 Å². The van der Waals surface area contributed by atoms with Gasteiger partial charge in [-0.15, -0.1) is 12.4 Å². The number of nitro benzene ring substituents is 1. The third-order valence-electron chi connectivity index (χ3n) is 2.61. The molecule has 1 rings (SSSR count). The smallest absolute Gasteiger partial charge is 0.282 e. The van der Waals surface area contributed by atoms with E-state index in [1.54, 1.807) is 13.0 Å². The van der Waals surface area contributed by atoms with Gasteiger partial charge in [0.15, 0.2) is 0 Å². The molecule has 1 aromatic carbocycles. The fraction of sp³-hybridized carbons (Fsp3) is 0.462. The molecule has 6 nitrogen and oxygen atoms in total. The van der Waals surface area contributed by atoms with E-state index in [1.807, 2.05) is 0 Å². The Bertz CT molecular complexity index is 466. The molecule has 0 spiro atoms. The lowest BCUT2D eigenvalue weighted by Crippen LogP contribution is -2.32. The number of amides is 1. The van der Waals surface area contributed by atoms with Crippen molar-refractivity contribution >= 4 is 24.0 Å². The van der Waals surface area contributed by atoms with Crippen LogP contribution in [0.15, 0.2) is 18.2 Å². The number of rotatable bonds is 7. The largest absolute Gasteiger partial charge is 0.351 e. The minimum absolute atomic E-state index is 0. The number of benzene rings is 1. The lowest BCUT2D eigenvalue weighted by atomic mass is 10.1. The predicted molar refractivity (Wildman–Crippen MR) is 80.6 cm³/mol. The van der Waals surface area contributed by atoms with E-state index < -0.39 is 10.8 Å². The molecular formula is C13H20ClN3O3. The Balaban J connectivity index is 0.00000361. The molecule has 1 amide bonds. The van der Waals surface area contributed by atoms with Gasteiger partial charge in [-0.1, -0.05) is 13.0 Å². The molecule has 0 aromatic heterocycles. The number of aryl methyl sites for hydroxylation is 1. The van der Waals surface area contributed by atoms with E-state index in [0.29, 0.717) is 13.1 Å². The number of carbonyl (C=O) groups excluding carboxylic acids is 1. The number of hydrogen-bond acceptors (Lipinski definition) is 4. The van der Waals surface area contributed by atoms with E-state index in [-0.39, 0.29) is 23.7 Å². The van der Waals surface area contributed by atoms with E-state index in [1.165, 1.54) is 12.1 Å². The van der Waals surface area contributed by atoms with Gasteiger partial charge in [-0.3, -0.25) is 14.9 Å². The number of hydrogen-bond donors (Lipinski definition) is 2. The summed E-state index contributed by atoms with van der Waals surface area (Å²) in [7, 11) is 0. The number of nitrogens with zero attached hydrogens (tertiary/aromatic N) is 1. The summed E-state index contributed by atoms with van der Waals surface area (Å²) >= 11 is 0. The maximum Gasteiger partial charge on any atom is 0.282 e. The van der Waals surface area contributed by atoms with Gasteiger partial charge in [0, 0.05) is 19.2 Å². The molecule has 0 saturated carbocycles. The number of nitrogens with one attached hydrogen (secondary N) is 2. The van der Waals surface area contributed by atoms with Gasteiger partial charge in [0.25, 0.3) is 11.6 Å². The second-order valence-electron chi connectivity index (χ2n) is 4.28. The molecule has 0 aliphatic carbocycles. The number of halogens is 1. The molecule has 0 heterocycles. The van der Waals surface area contributed by atoms with Crippen molar-refractivity contribution < 1.29 is 9.72 Å². The van der Waals surface area contributed by atoms with Crippen molar-refractivity contribution in [3.8, 4) is 0 Å². The topological polar surface area (TPSA) is 84.3 Å². The second kappa shape index (κ2) is 9.28. The quantitative estimate of drug-likeness (QED) is 0.458. The molecule has 0 radical (unpaired) electrons. The average molecular weight is 302 g/mol. The van der Waals surface area contributed by atoms with Crippen LogP contribution in [0, 0.1) is 17.0 Å². The molecule has 20 heavy (non-hydrogen) atoms. The normalized spacial score (nSPS) is 9.70. The summed E-state index contributed by atoms with van der Waals surface area (Å²) in [6.45, 7) is 5.84. The van der Waals surface area contributed by atoms with Crippen molar-refractivity contribution in [3.63, 3.8) is 0 Å². The maximum absolute atomic E-state index is 11.9. The second-order valence-corrected chi connectivity index (χ2v) is 4.28. The molecule has 0 aliphatic rings. The Labute approximate surface area is 124 Å². The van der Waals surface area contributed by atoms with Crippen molar-refractivity contribution in [2.75, 3.05) is 19.6 Å². The summed E-state index contributed by atoms with van der Waals surface area (Å²) in [6, 6.07) is 4.52. The van der Waals surface area contributed by atoms with Crippen LogP contribution in [0.2, 0.25) is 0 Å². The molecule has 0 atom stereocenters. The van der Waals surface area contributed by atoms with Crippen molar-refractivity contribution in [2.24, 2.45) is 0 Å². The van der Waals surface area contributed by atoms with E-state index in [0.717, 1.165) is 18.5 Å². The van der Waals surface area contributed by atoms with E-state index >= 15 is 0 Å². The first-order valence-corrected chi connectivity index (χ1v) is 6.30. The third-order valence-corrected chi connectivity index (χ3v) is 2.61. The van der Waals surface area contributed by atoms with E-state index in [4.69, 9.17) is 0 Å². The van der Waals surface area contributed by atoms with Crippen molar-refractivity contribution in [3.05, 3.63) is 39.4 Å². The average Bonchev–Trinajstić information content (AvgIpc) is 2.37. The van der Waals surface area contributed by atoms with Crippen molar-refractivity contribution in [1.29, 1.82) is 0 Å². The van der Waals surface area contributed by atoms with Gasteiger partial charge in [-0.25, -0.2) is 0 Å². The predicted octanol–water partition coefficient (Wildman–Crippen LogP) is 2.05. The van der Waals surface area contributed by atoms with Crippen LogP contribution in [0.4, 0.5) is 5.69 Å². The highest BCUT2D eigenvalue weighted by Crippen LogP contribution is 2.19. The zero-order chi connectivity index (χ0) is 14.3. The van der Waals surface area contributed by atoms with Crippen LogP contribution in [-0.2, 0) is 0 Å². The number of carbonyl (C=O) groups is 1. The fourth-order valence-electron chi connectivity index (χ4n) is 1.65. The van der Waals surface area contributed by atoms with Gasteiger partial charge in [-0.05, 0) is 31.5 Å². The Morgan fingerprint density at radius 3 is 2.60 bits per heavy atom. The minimum atomic E-state index is -0.538. The van der Waals surface area contributed by atoms with Crippen LogP contribution in [0.1, 0.15) is 29.3 Å². The van der Waals surface area contributed by atoms with E-state index in [9.17, 15) is 14.9 Å². The maximum atomic E-state index is 11.9. The molecule has 1 aromatic rings. The monoisotopic (exact) mass is 301 g/mol. The molecule has 2 N–H and O–H groups in total.